The highest BCUT2D eigenvalue weighted by Crippen LogP contribution is 2.38. The van der Waals surface area contributed by atoms with Gasteiger partial charge in [-0.3, -0.25) is 4.21 Å². The van der Waals surface area contributed by atoms with Gasteiger partial charge in [0.15, 0.2) is 0 Å². The van der Waals surface area contributed by atoms with E-state index in [1.807, 2.05) is 18.3 Å². The van der Waals surface area contributed by atoms with Gasteiger partial charge in [0.05, 0.1) is 16.6 Å². The highest BCUT2D eigenvalue weighted by Gasteiger charge is 2.32. The molecule has 0 aliphatic carbocycles. The lowest BCUT2D eigenvalue weighted by Gasteiger charge is -2.33. The van der Waals surface area contributed by atoms with E-state index >= 15 is 0 Å². The van der Waals surface area contributed by atoms with E-state index in [2.05, 4.69) is 9.88 Å². The Kier molecular flexibility index (Phi) is 5.14. The Morgan fingerprint density at radius 3 is 2.59 bits per heavy atom. The van der Waals surface area contributed by atoms with Crippen LogP contribution in [0.3, 0.4) is 0 Å². The Labute approximate surface area is 168 Å². The number of phenols is 1. The van der Waals surface area contributed by atoms with Gasteiger partial charge in [0, 0.05) is 51.9 Å². The number of nitrogens with zero attached hydrogens (tertiary/aromatic N) is 2. The highest BCUT2D eigenvalue weighted by molar-refractivity contribution is 7.85. The van der Waals surface area contributed by atoms with Gasteiger partial charge in [0.25, 0.3) is 0 Å². The third-order valence-corrected chi connectivity index (χ3v) is 6.86. The largest absolute Gasteiger partial charge is 0.507 e. The van der Waals surface area contributed by atoms with Crippen LogP contribution in [0, 0.1) is 6.92 Å². The molecule has 0 radical (unpaired) electrons. The fourth-order valence-corrected chi connectivity index (χ4v) is 5.23. The minimum Gasteiger partial charge on any atom is -0.507 e. The number of aromatic hydroxyl groups is 1. The molecule has 0 unspecified atom stereocenters. The number of pyridine rings is 1. The summed E-state index contributed by atoms with van der Waals surface area (Å²) in [4.78, 5) is 6.82. The molecule has 0 saturated carbocycles. The molecule has 0 amide bonds. The van der Waals surface area contributed by atoms with Crippen LogP contribution in [-0.4, -0.2) is 43.3 Å². The first-order valence-electron chi connectivity index (χ1n) is 9.43. The highest BCUT2D eigenvalue weighted by atomic mass is 32.2. The maximum Gasteiger partial charge on any atom is 0.416 e. The molecule has 2 aliphatic heterocycles. The van der Waals surface area contributed by atoms with Crippen molar-refractivity contribution in [3.05, 3.63) is 46.0 Å². The van der Waals surface area contributed by atoms with Gasteiger partial charge in [-0.25, -0.2) is 4.98 Å². The van der Waals surface area contributed by atoms with Crippen LogP contribution in [0.25, 0.3) is 23.5 Å². The number of benzene rings is 1. The van der Waals surface area contributed by atoms with Crippen LogP contribution in [0.15, 0.2) is 24.3 Å². The molecule has 0 bridgehead atoms. The van der Waals surface area contributed by atoms with Crippen molar-refractivity contribution in [1.82, 2.24) is 9.88 Å². The molecule has 4 rings (SSSR count). The van der Waals surface area contributed by atoms with E-state index in [9.17, 15) is 22.5 Å². The van der Waals surface area contributed by atoms with Crippen LogP contribution in [-0.2, 0) is 17.0 Å². The number of hydrogen-bond donors (Lipinski definition) is 1. The van der Waals surface area contributed by atoms with Gasteiger partial charge in [-0.15, -0.1) is 0 Å². The second-order valence-corrected chi connectivity index (χ2v) is 9.16. The van der Waals surface area contributed by atoms with Crippen LogP contribution in [0.2, 0.25) is 0 Å². The van der Waals surface area contributed by atoms with Gasteiger partial charge in [-0.2, -0.15) is 13.2 Å². The number of alkyl halides is 3. The molecule has 29 heavy (non-hydrogen) atoms. The van der Waals surface area contributed by atoms with E-state index in [1.165, 1.54) is 6.92 Å². The van der Waals surface area contributed by atoms with E-state index < -0.39 is 28.3 Å². The van der Waals surface area contributed by atoms with E-state index in [-0.39, 0.29) is 0 Å². The average molecular weight is 422 g/mol. The van der Waals surface area contributed by atoms with Crippen LogP contribution < -0.4 is 10.6 Å². The number of halogens is 3. The van der Waals surface area contributed by atoms with Gasteiger partial charge in [0.2, 0.25) is 0 Å². The lowest BCUT2D eigenvalue weighted by atomic mass is 10.00. The van der Waals surface area contributed by atoms with E-state index in [0.717, 1.165) is 47.0 Å². The van der Waals surface area contributed by atoms with E-state index in [1.54, 1.807) is 6.07 Å². The third kappa shape index (κ3) is 4.03. The van der Waals surface area contributed by atoms with Gasteiger partial charge in [0.1, 0.15) is 5.75 Å². The lowest BCUT2D eigenvalue weighted by Crippen LogP contribution is -2.43. The first-order valence-corrected chi connectivity index (χ1v) is 10.9. The molecule has 2 aromatic rings. The summed E-state index contributed by atoms with van der Waals surface area (Å²) in [5.74, 6) is 1.03. The summed E-state index contributed by atoms with van der Waals surface area (Å²) in [5, 5.41) is 11.9. The summed E-state index contributed by atoms with van der Waals surface area (Å²) in [6.45, 7) is 2.22. The molecular formula is C21H21F3N2O2S. The van der Waals surface area contributed by atoms with Gasteiger partial charge >= 0.3 is 6.18 Å². The molecule has 1 N–H and O–H groups in total. The van der Waals surface area contributed by atoms with Gasteiger partial charge < -0.3 is 10.0 Å². The predicted molar refractivity (Wildman–Crippen MR) is 107 cm³/mol. The number of aryl methyl sites for hydroxylation is 1. The molecule has 2 aliphatic rings. The Morgan fingerprint density at radius 1 is 1.21 bits per heavy atom. The second-order valence-electron chi connectivity index (χ2n) is 7.47. The lowest BCUT2D eigenvalue weighted by molar-refractivity contribution is -0.137. The second kappa shape index (κ2) is 7.48. The molecule has 4 nitrogen and oxygen atoms in total. The molecule has 1 fully saturated rings. The van der Waals surface area contributed by atoms with Crippen molar-refractivity contribution in [2.45, 2.75) is 32.0 Å². The Balaban J connectivity index is 1.67. The van der Waals surface area contributed by atoms with E-state index in [4.69, 9.17) is 0 Å². The Hall–Kier alpha value is -2.35. The summed E-state index contributed by atoms with van der Waals surface area (Å²) in [7, 11) is -0.704. The normalized spacial score (nSPS) is 21.9. The van der Waals surface area contributed by atoms with Crippen molar-refractivity contribution in [1.29, 1.82) is 0 Å². The van der Waals surface area contributed by atoms with Gasteiger partial charge in [-0.05, 0) is 55.7 Å². The maximum absolute atomic E-state index is 13.0. The van der Waals surface area contributed by atoms with Crippen molar-refractivity contribution < 1.29 is 22.5 Å². The van der Waals surface area contributed by atoms with Gasteiger partial charge in [-0.1, -0.05) is 0 Å². The SMILES string of the molecule is Cc1cc(C(F)(F)F)cc(O)c1-c1ccc2c(n1)=CCN(C1CCS(=O)CC1)C=2. The minimum absolute atomic E-state index is 0.311. The zero-order chi connectivity index (χ0) is 20.8. The van der Waals surface area contributed by atoms with Crippen LogP contribution in [0.1, 0.15) is 24.0 Å². The molecule has 1 saturated heterocycles. The summed E-state index contributed by atoms with van der Waals surface area (Å²) < 4.78 is 50.5. The molecular weight excluding hydrogens is 401 g/mol. The van der Waals surface area contributed by atoms with Crippen LogP contribution in [0.4, 0.5) is 13.2 Å². The molecule has 154 valence electrons. The Morgan fingerprint density at radius 2 is 1.93 bits per heavy atom. The first kappa shape index (κ1) is 19.9. The van der Waals surface area contributed by atoms with Crippen molar-refractivity contribution in [3.63, 3.8) is 0 Å². The number of aromatic nitrogens is 1. The molecule has 1 aromatic carbocycles. The maximum atomic E-state index is 13.0. The van der Waals surface area contributed by atoms with Crippen molar-refractivity contribution in [2.24, 2.45) is 0 Å². The Bertz CT molecular complexity index is 1070. The minimum atomic E-state index is -4.51. The number of fused-ring (bicyclic) bond motifs is 1. The number of rotatable bonds is 2. The summed E-state index contributed by atoms with van der Waals surface area (Å²) in [5.41, 5.74) is 0.199. The summed E-state index contributed by atoms with van der Waals surface area (Å²) in [6.07, 6.45) is 1.32. The first-order chi connectivity index (χ1) is 13.7. The summed E-state index contributed by atoms with van der Waals surface area (Å²) >= 11 is 0. The number of phenolic OH excluding ortho intramolecular Hbond substituents is 1. The fourth-order valence-electron chi connectivity index (χ4n) is 3.95. The average Bonchev–Trinajstić information content (AvgIpc) is 2.67. The topological polar surface area (TPSA) is 53.4 Å². The number of hydrogen-bond acceptors (Lipinski definition) is 4. The quantitative estimate of drug-likeness (QED) is 0.808. The third-order valence-electron chi connectivity index (χ3n) is 5.48. The molecule has 3 heterocycles. The smallest absolute Gasteiger partial charge is 0.416 e. The summed E-state index contributed by atoms with van der Waals surface area (Å²) in [6, 6.07) is 5.72. The standard InChI is InChI=1S/C21H21F3N2O2S/c1-13-10-15(21(22,23)24)11-19(27)20(13)18-3-2-14-12-26(7-4-17(14)25-18)16-5-8-29(28)9-6-16/h2-4,10-12,16,27H,5-9H2,1H3. The van der Waals surface area contributed by atoms with Crippen LogP contribution >= 0.6 is 0 Å². The zero-order valence-electron chi connectivity index (χ0n) is 15.9. The van der Waals surface area contributed by atoms with Crippen LogP contribution in [0.5, 0.6) is 5.75 Å². The van der Waals surface area contributed by atoms with Crippen molar-refractivity contribution in [2.75, 3.05) is 18.1 Å². The van der Waals surface area contributed by atoms with Crippen molar-refractivity contribution in [3.8, 4) is 17.0 Å². The molecule has 0 spiro atoms. The van der Waals surface area contributed by atoms with Crippen molar-refractivity contribution >= 4 is 23.1 Å². The predicted octanol–water partition coefficient (Wildman–Crippen LogP) is 2.53. The zero-order valence-corrected chi connectivity index (χ0v) is 16.7. The molecule has 0 atom stereocenters. The van der Waals surface area contributed by atoms with E-state index in [0.29, 0.717) is 29.4 Å². The monoisotopic (exact) mass is 422 g/mol. The molecule has 1 aromatic heterocycles. The fraction of sp³-hybridized carbons (Fsp3) is 0.381. The molecule has 8 heteroatoms.